The van der Waals surface area contributed by atoms with Gasteiger partial charge in [-0.05, 0) is 25.8 Å². The molecule has 0 radical (unpaired) electrons. The lowest BCUT2D eigenvalue weighted by molar-refractivity contribution is -0.130. The molecular weight excluding hydrogens is 206 g/mol. The molecule has 0 aromatic carbocycles. The normalized spacial score (nSPS) is 15.0. The summed E-state index contributed by atoms with van der Waals surface area (Å²) in [6, 6.07) is 0. The first-order valence-corrected chi connectivity index (χ1v) is 5.64. The number of nitrogens with zero attached hydrogens (tertiary/aromatic N) is 2. The van der Waals surface area contributed by atoms with Gasteiger partial charge in [0.15, 0.2) is 0 Å². The summed E-state index contributed by atoms with van der Waals surface area (Å²) >= 11 is 0. The molecule has 0 aromatic heterocycles. The molecule has 0 atom stereocenters. The van der Waals surface area contributed by atoms with Gasteiger partial charge in [0.2, 0.25) is 11.8 Å². The largest absolute Gasteiger partial charge is 0.355 e. The molecule has 1 saturated carbocycles. The Kier molecular flexibility index (Phi) is 4.73. The Morgan fingerprint density at radius 2 is 1.81 bits per heavy atom. The molecule has 2 amide bonds. The fourth-order valence-corrected chi connectivity index (χ4v) is 1.31. The van der Waals surface area contributed by atoms with Crippen molar-refractivity contribution in [3.05, 3.63) is 0 Å². The molecular formula is C11H21N3O2. The van der Waals surface area contributed by atoms with Gasteiger partial charge in [-0.2, -0.15) is 0 Å². The van der Waals surface area contributed by atoms with E-state index in [1.807, 2.05) is 0 Å². The number of carbonyl (C=O) groups is 2. The van der Waals surface area contributed by atoms with Gasteiger partial charge in [0, 0.05) is 20.6 Å². The van der Waals surface area contributed by atoms with Crippen LogP contribution in [0.25, 0.3) is 0 Å². The van der Waals surface area contributed by atoms with Gasteiger partial charge in [-0.1, -0.05) is 0 Å². The van der Waals surface area contributed by atoms with Crippen molar-refractivity contribution in [2.24, 2.45) is 5.92 Å². The highest BCUT2D eigenvalue weighted by molar-refractivity contribution is 5.80. The predicted molar refractivity (Wildman–Crippen MR) is 61.9 cm³/mol. The molecule has 5 nitrogen and oxygen atoms in total. The van der Waals surface area contributed by atoms with E-state index in [9.17, 15) is 9.59 Å². The summed E-state index contributed by atoms with van der Waals surface area (Å²) in [5.41, 5.74) is 0. The molecule has 0 aliphatic heterocycles. The van der Waals surface area contributed by atoms with Crippen LogP contribution in [0.15, 0.2) is 0 Å². The van der Waals surface area contributed by atoms with Gasteiger partial charge in [-0.15, -0.1) is 0 Å². The molecule has 92 valence electrons. The van der Waals surface area contributed by atoms with Gasteiger partial charge in [-0.3, -0.25) is 14.5 Å². The Morgan fingerprint density at radius 1 is 1.19 bits per heavy atom. The fraction of sp³-hybridized carbons (Fsp3) is 0.818. The maximum Gasteiger partial charge on any atom is 0.236 e. The van der Waals surface area contributed by atoms with E-state index in [2.05, 4.69) is 5.32 Å². The van der Waals surface area contributed by atoms with E-state index >= 15 is 0 Å². The highest BCUT2D eigenvalue weighted by Gasteiger charge is 2.21. The zero-order chi connectivity index (χ0) is 12.1. The first kappa shape index (κ1) is 13.0. The summed E-state index contributed by atoms with van der Waals surface area (Å²) in [7, 11) is 5.20. The molecule has 5 heteroatoms. The number of hydrogen-bond acceptors (Lipinski definition) is 3. The van der Waals surface area contributed by atoms with Crippen molar-refractivity contribution < 1.29 is 9.59 Å². The van der Waals surface area contributed by atoms with Crippen molar-refractivity contribution in [2.75, 3.05) is 40.8 Å². The summed E-state index contributed by atoms with van der Waals surface area (Å²) in [6.07, 6.45) is 2.46. The number of carbonyl (C=O) groups excluding carboxylic acids is 2. The summed E-state index contributed by atoms with van der Waals surface area (Å²) < 4.78 is 0. The highest BCUT2D eigenvalue weighted by Crippen LogP contribution is 2.27. The van der Waals surface area contributed by atoms with E-state index in [-0.39, 0.29) is 24.9 Å². The van der Waals surface area contributed by atoms with Crippen LogP contribution in [-0.2, 0) is 9.59 Å². The summed E-state index contributed by atoms with van der Waals surface area (Å²) in [6.45, 7) is 1.35. The van der Waals surface area contributed by atoms with E-state index in [1.54, 1.807) is 26.0 Å². The minimum Gasteiger partial charge on any atom is -0.355 e. The second-order valence-corrected chi connectivity index (χ2v) is 4.71. The van der Waals surface area contributed by atoms with Gasteiger partial charge < -0.3 is 10.2 Å². The standard InChI is InChI=1S/C11H21N3O2/c1-13(2)11(16)8-14(3)7-10(15)12-6-9-4-5-9/h9H,4-8H2,1-3H3,(H,12,15). The summed E-state index contributed by atoms with van der Waals surface area (Å²) in [4.78, 5) is 26.1. The Hall–Kier alpha value is -1.10. The molecule has 0 saturated heterocycles. The molecule has 1 N–H and O–H groups in total. The van der Waals surface area contributed by atoms with Crippen LogP contribution in [0, 0.1) is 5.92 Å². The van der Waals surface area contributed by atoms with Crippen LogP contribution in [0.5, 0.6) is 0 Å². The third kappa shape index (κ3) is 5.11. The first-order chi connectivity index (χ1) is 7.49. The van der Waals surface area contributed by atoms with Gasteiger partial charge in [0.1, 0.15) is 0 Å². The molecule has 1 rings (SSSR count). The molecule has 1 aliphatic carbocycles. The number of likely N-dealkylation sites (N-methyl/N-ethyl adjacent to an activating group) is 2. The van der Waals surface area contributed by atoms with Gasteiger partial charge >= 0.3 is 0 Å². The van der Waals surface area contributed by atoms with E-state index in [4.69, 9.17) is 0 Å². The van der Waals surface area contributed by atoms with Crippen LogP contribution in [0.1, 0.15) is 12.8 Å². The van der Waals surface area contributed by atoms with Crippen molar-refractivity contribution in [1.29, 1.82) is 0 Å². The second kappa shape index (κ2) is 5.84. The van der Waals surface area contributed by atoms with E-state index in [1.165, 1.54) is 17.7 Å². The van der Waals surface area contributed by atoms with E-state index in [0.717, 1.165) is 6.54 Å². The predicted octanol–water partition coefficient (Wildman–Crippen LogP) is -0.467. The van der Waals surface area contributed by atoms with Crippen molar-refractivity contribution in [3.8, 4) is 0 Å². The zero-order valence-electron chi connectivity index (χ0n) is 10.3. The van der Waals surface area contributed by atoms with Crippen LogP contribution in [-0.4, -0.2) is 62.4 Å². The molecule has 1 fully saturated rings. The molecule has 0 unspecified atom stereocenters. The maximum atomic E-state index is 11.5. The lowest BCUT2D eigenvalue weighted by atomic mass is 10.4. The van der Waals surface area contributed by atoms with Crippen molar-refractivity contribution in [1.82, 2.24) is 15.1 Å². The summed E-state index contributed by atoms with van der Waals surface area (Å²) in [5.74, 6) is 0.705. The number of hydrogen-bond donors (Lipinski definition) is 1. The lowest BCUT2D eigenvalue weighted by Crippen LogP contribution is -2.40. The van der Waals surface area contributed by atoms with Crippen LogP contribution < -0.4 is 5.32 Å². The highest BCUT2D eigenvalue weighted by atomic mass is 16.2. The summed E-state index contributed by atoms with van der Waals surface area (Å²) in [5, 5.41) is 2.87. The van der Waals surface area contributed by atoms with Gasteiger partial charge in [0.05, 0.1) is 13.1 Å². The molecule has 0 bridgehead atoms. The topological polar surface area (TPSA) is 52.7 Å². The van der Waals surface area contributed by atoms with Gasteiger partial charge in [-0.25, -0.2) is 0 Å². The minimum absolute atomic E-state index is 0.000885. The van der Waals surface area contributed by atoms with Crippen LogP contribution >= 0.6 is 0 Å². The smallest absolute Gasteiger partial charge is 0.236 e. The molecule has 0 heterocycles. The quantitative estimate of drug-likeness (QED) is 0.667. The van der Waals surface area contributed by atoms with Crippen LogP contribution in [0.3, 0.4) is 0 Å². The minimum atomic E-state index is 0.000885. The maximum absolute atomic E-state index is 11.5. The van der Waals surface area contributed by atoms with E-state index < -0.39 is 0 Å². The van der Waals surface area contributed by atoms with E-state index in [0.29, 0.717) is 5.92 Å². The second-order valence-electron chi connectivity index (χ2n) is 4.71. The molecule has 0 aromatic rings. The number of rotatable bonds is 6. The van der Waals surface area contributed by atoms with Crippen molar-refractivity contribution in [3.63, 3.8) is 0 Å². The Labute approximate surface area is 96.8 Å². The molecule has 1 aliphatic rings. The third-order valence-electron chi connectivity index (χ3n) is 2.60. The Balaban J connectivity index is 2.13. The Bertz CT molecular complexity index is 262. The molecule has 16 heavy (non-hydrogen) atoms. The zero-order valence-corrected chi connectivity index (χ0v) is 10.3. The average molecular weight is 227 g/mol. The monoisotopic (exact) mass is 227 g/mol. The molecule has 0 spiro atoms. The van der Waals surface area contributed by atoms with Crippen LogP contribution in [0.2, 0.25) is 0 Å². The Morgan fingerprint density at radius 3 is 2.31 bits per heavy atom. The van der Waals surface area contributed by atoms with Crippen LogP contribution in [0.4, 0.5) is 0 Å². The first-order valence-electron chi connectivity index (χ1n) is 5.64. The average Bonchev–Trinajstić information content (AvgIpc) is 2.97. The SMILES string of the molecule is CN(CC(=O)NCC1CC1)CC(=O)N(C)C. The number of nitrogens with one attached hydrogen (secondary N) is 1. The fourth-order valence-electron chi connectivity index (χ4n) is 1.31. The lowest BCUT2D eigenvalue weighted by Gasteiger charge is -2.18. The van der Waals surface area contributed by atoms with Crippen molar-refractivity contribution in [2.45, 2.75) is 12.8 Å². The number of amides is 2. The third-order valence-corrected chi connectivity index (χ3v) is 2.60. The van der Waals surface area contributed by atoms with Crippen molar-refractivity contribution >= 4 is 11.8 Å². The van der Waals surface area contributed by atoms with Gasteiger partial charge in [0.25, 0.3) is 0 Å².